The minimum absolute atomic E-state index is 0.0606. The van der Waals surface area contributed by atoms with Gasteiger partial charge >= 0.3 is 12.4 Å². The molecular formula is C27H31F6N7. The first kappa shape index (κ1) is 30.6. The van der Waals surface area contributed by atoms with E-state index >= 15 is 0 Å². The lowest BCUT2D eigenvalue weighted by molar-refractivity contribution is -0.143. The molecule has 0 spiro atoms. The second-order valence-corrected chi connectivity index (χ2v) is 9.11. The van der Waals surface area contributed by atoms with E-state index in [0.717, 1.165) is 23.7 Å². The molecule has 0 atom stereocenters. The predicted molar refractivity (Wildman–Crippen MR) is 142 cm³/mol. The Morgan fingerprint density at radius 1 is 0.950 bits per heavy atom. The van der Waals surface area contributed by atoms with Crippen molar-refractivity contribution in [3.63, 3.8) is 0 Å². The van der Waals surface area contributed by atoms with E-state index in [2.05, 4.69) is 27.6 Å². The van der Waals surface area contributed by atoms with E-state index in [1.165, 1.54) is 11.9 Å². The number of fused-ring (bicyclic) bond motifs is 1. The zero-order valence-electron chi connectivity index (χ0n) is 22.4. The molecule has 2 aromatic carbocycles. The number of anilines is 1. The lowest BCUT2D eigenvalue weighted by Gasteiger charge is -2.28. The molecule has 2 N–H and O–H groups in total. The molecule has 1 aromatic heterocycles. The molecule has 40 heavy (non-hydrogen) atoms. The van der Waals surface area contributed by atoms with Crippen molar-refractivity contribution in [1.82, 2.24) is 15.3 Å². The number of rotatable bonds is 10. The molecule has 3 rings (SSSR count). The average molecular weight is 568 g/mol. The monoisotopic (exact) mass is 567 g/mol. The lowest BCUT2D eigenvalue weighted by Crippen LogP contribution is -2.31. The van der Waals surface area contributed by atoms with Crippen LogP contribution in [0.5, 0.6) is 0 Å². The smallest absolute Gasteiger partial charge is 0.357 e. The molecule has 1 heterocycles. The summed E-state index contributed by atoms with van der Waals surface area (Å²) in [4.78, 5) is 8.17. The van der Waals surface area contributed by atoms with Gasteiger partial charge in [0.05, 0.1) is 16.6 Å². The molecule has 0 radical (unpaired) electrons. The van der Waals surface area contributed by atoms with Gasteiger partial charge in [0, 0.05) is 44.2 Å². The number of para-hydroxylation sites is 1. The standard InChI is InChI=1S/C27H31F6N7/c1-4-6-11-39(5-2)24-20(14-19-9-7-8-10-23(19)36-24)17-40(25(34)37-38-35-3)16-18-12-21(26(28,29)30)15-22(13-18)27(31,32)33/h7-10,12-15H,4-6,11,16-17H2,1-3H3,(H2,34,35,37). The maximum absolute atomic E-state index is 13.5. The molecule has 0 bridgehead atoms. The average Bonchev–Trinajstić information content (AvgIpc) is 2.90. The van der Waals surface area contributed by atoms with Crippen molar-refractivity contribution in [1.29, 1.82) is 5.41 Å². The summed E-state index contributed by atoms with van der Waals surface area (Å²) in [6.45, 7) is 4.83. The van der Waals surface area contributed by atoms with Gasteiger partial charge in [0.1, 0.15) is 5.82 Å². The van der Waals surface area contributed by atoms with E-state index in [-0.39, 0.29) is 18.2 Å². The van der Waals surface area contributed by atoms with E-state index in [4.69, 9.17) is 10.4 Å². The van der Waals surface area contributed by atoms with Crippen LogP contribution in [0, 0.1) is 5.41 Å². The van der Waals surface area contributed by atoms with Gasteiger partial charge in [-0.1, -0.05) is 41.9 Å². The molecule has 0 aliphatic carbocycles. The number of benzene rings is 2. The van der Waals surface area contributed by atoms with Gasteiger partial charge in [0.2, 0.25) is 5.96 Å². The Kier molecular flexibility index (Phi) is 9.93. The summed E-state index contributed by atoms with van der Waals surface area (Å²) in [5, 5.41) is 16.6. The number of guanidine groups is 1. The van der Waals surface area contributed by atoms with Crippen LogP contribution in [-0.2, 0) is 25.4 Å². The molecule has 7 nitrogen and oxygen atoms in total. The number of alkyl halides is 6. The number of aromatic nitrogens is 1. The topological polar surface area (TPSA) is 80.0 Å². The third-order valence-corrected chi connectivity index (χ3v) is 6.17. The van der Waals surface area contributed by atoms with Crippen LogP contribution in [0.3, 0.4) is 0 Å². The Hall–Kier alpha value is -3.90. The minimum Gasteiger partial charge on any atom is -0.357 e. The first-order valence-electron chi connectivity index (χ1n) is 12.7. The summed E-state index contributed by atoms with van der Waals surface area (Å²) < 4.78 is 81.0. The number of nitrogens with one attached hydrogen (secondary N) is 2. The fraction of sp³-hybridized carbons (Fsp3) is 0.407. The van der Waals surface area contributed by atoms with Gasteiger partial charge in [-0.3, -0.25) is 10.8 Å². The molecule has 0 fully saturated rings. The van der Waals surface area contributed by atoms with Gasteiger partial charge in [0.15, 0.2) is 0 Å². The summed E-state index contributed by atoms with van der Waals surface area (Å²) in [6, 6.07) is 10.7. The zero-order valence-corrected chi connectivity index (χ0v) is 22.4. The second-order valence-electron chi connectivity index (χ2n) is 9.11. The zero-order chi connectivity index (χ0) is 29.5. The van der Waals surface area contributed by atoms with E-state index < -0.39 is 36.0 Å². The SMILES string of the molecule is CCCCN(CC)c1nc2ccccc2cc1CN(Cc1cc(C(F)(F)F)cc(C(F)(F)F)c1)C(=N)/N=N\NC. The molecule has 0 aliphatic heterocycles. The third-order valence-electron chi connectivity index (χ3n) is 6.17. The van der Waals surface area contributed by atoms with Gasteiger partial charge < -0.3 is 9.80 Å². The van der Waals surface area contributed by atoms with Crippen LogP contribution in [0.2, 0.25) is 0 Å². The fourth-order valence-electron chi connectivity index (χ4n) is 4.21. The number of nitrogens with zero attached hydrogens (tertiary/aromatic N) is 5. The molecule has 13 heteroatoms. The van der Waals surface area contributed by atoms with Crippen LogP contribution in [0.15, 0.2) is 58.9 Å². The van der Waals surface area contributed by atoms with Crippen molar-refractivity contribution in [2.75, 3.05) is 25.0 Å². The molecule has 0 aliphatic rings. The molecule has 0 saturated heterocycles. The van der Waals surface area contributed by atoms with Gasteiger partial charge in [-0.25, -0.2) is 4.98 Å². The Labute approximate surface area is 228 Å². The fourth-order valence-corrected chi connectivity index (χ4v) is 4.21. The van der Waals surface area contributed by atoms with Crippen molar-refractivity contribution in [2.24, 2.45) is 10.3 Å². The van der Waals surface area contributed by atoms with Crippen molar-refractivity contribution >= 4 is 22.7 Å². The first-order chi connectivity index (χ1) is 18.9. The van der Waals surface area contributed by atoms with Gasteiger partial charge in [-0.2, -0.15) is 26.3 Å². The number of hydrogen-bond donors (Lipinski definition) is 2. The van der Waals surface area contributed by atoms with Crippen LogP contribution in [0.1, 0.15) is 48.9 Å². The van der Waals surface area contributed by atoms with Gasteiger partial charge in [-0.15, -0.1) is 0 Å². The molecule has 0 saturated carbocycles. The van der Waals surface area contributed by atoms with Crippen LogP contribution in [0.25, 0.3) is 10.9 Å². The molecule has 3 aromatic rings. The van der Waals surface area contributed by atoms with Crippen molar-refractivity contribution in [3.05, 3.63) is 70.8 Å². The quantitative estimate of drug-likeness (QED) is 0.0879. The Morgan fingerprint density at radius 3 is 2.17 bits per heavy atom. The number of halogens is 6. The highest BCUT2D eigenvalue weighted by molar-refractivity contribution is 5.82. The van der Waals surface area contributed by atoms with E-state index in [0.29, 0.717) is 36.6 Å². The number of pyridine rings is 1. The minimum atomic E-state index is -4.99. The van der Waals surface area contributed by atoms with Crippen LogP contribution >= 0.6 is 0 Å². The summed E-state index contributed by atoms with van der Waals surface area (Å²) in [6.07, 6.45) is -8.15. The summed E-state index contributed by atoms with van der Waals surface area (Å²) >= 11 is 0. The Morgan fingerprint density at radius 2 is 1.60 bits per heavy atom. The first-order valence-corrected chi connectivity index (χ1v) is 12.7. The molecular weight excluding hydrogens is 536 g/mol. The Bertz CT molecular complexity index is 1300. The second kappa shape index (κ2) is 13.0. The predicted octanol–water partition coefficient (Wildman–Crippen LogP) is 7.42. The van der Waals surface area contributed by atoms with Crippen molar-refractivity contribution in [3.8, 4) is 0 Å². The normalized spacial score (nSPS) is 12.2. The highest BCUT2D eigenvalue weighted by atomic mass is 19.4. The van der Waals surface area contributed by atoms with Crippen molar-refractivity contribution < 1.29 is 26.3 Å². The summed E-state index contributed by atoms with van der Waals surface area (Å²) in [5.74, 6) is 0.175. The summed E-state index contributed by atoms with van der Waals surface area (Å²) in [7, 11) is 1.45. The number of unbranched alkanes of at least 4 members (excludes halogenated alkanes) is 1. The maximum atomic E-state index is 13.5. The number of hydrogen-bond acceptors (Lipinski definition) is 4. The van der Waals surface area contributed by atoms with E-state index in [1.54, 1.807) is 0 Å². The van der Waals surface area contributed by atoms with Crippen LogP contribution in [0.4, 0.5) is 32.2 Å². The van der Waals surface area contributed by atoms with Crippen LogP contribution in [-0.4, -0.2) is 36.0 Å². The highest BCUT2D eigenvalue weighted by Gasteiger charge is 2.37. The Balaban J connectivity index is 2.12. The molecule has 216 valence electrons. The van der Waals surface area contributed by atoms with Gasteiger partial charge in [0.25, 0.3) is 0 Å². The maximum Gasteiger partial charge on any atom is 0.416 e. The van der Waals surface area contributed by atoms with E-state index in [1.807, 2.05) is 37.3 Å². The van der Waals surface area contributed by atoms with Crippen LogP contribution < -0.4 is 10.3 Å². The van der Waals surface area contributed by atoms with E-state index in [9.17, 15) is 26.3 Å². The summed E-state index contributed by atoms with van der Waals surface area (Å²) in [5.41, 5.74) is 0.649. The highest BCUT2D eigenvalue weighted by Crippen LogP contribution is 2.37. The van der Waals surface area contributed by atoms with Crippen molar-refractivity contribution in [2.45, 2.75) is 52.1 Å². The third kappa shape index (κ3) is 7.82. The molecule has 0 unspecified atom stereocenters. The molecule has 0 amide bonds. The lowest BCUT2D eigenvalue weighted by atomic mass is 10.0. The van der Waals surface area contributed by atoms with Gasteiger partial charge in [-0.05, 0) is 49.2 Å². The largest absolute Gasteiger partial charge is 0.416 e.